The Morgan fingerprint density at radius 3 is 2.79 bits per heavy atom. The maximum Gasteiger partial charge on any atom is 0.356 e. The fourth-order valence-corrected chi connectivity index (χ4v) is 1.76. The summed E-state index contributed by atoms with van der Waals surface area (Å²) in [5.41, 5.74) is 1.62. The Balaban J connectivity index is 2.12. The molecule has 0 fully saturated rings. The highest BCUT2D eigenvalue weighted by Crippen LogP contribution is 2.17. The molecule has 0 saturated carbocycles. The van der Waals surface area contributed by atoms with Gasteiger partial charge in [-0.3, -0.25) is 4.98 Å². The van der Waals surface area contributed by atoms with E-state index >= 15 is 0 Å². The van der Waals surface area contributed by atoms with Crippen molar-refractivity contribution in [1.29, 1.82) is 0 Å². The molecule has 0 atom stereocenters. The fourth-order valence-electron chi connectivity index (χ4n) is 1.57. The van der Waals surface area contributed by atoms with Crippen LogP contribution < -0.4 is 5.32 Å². The highest BCUT2D eigenvalue weighted by atomic mass is 35.5. The van der Waals surface area contributed by atoms with Crippen LogP contribution in [0.5, 0.6) is 0 Å². The van der Waals surface area contributed by atoms with E-state index in [1.807, 2.05) is 25.1 Å². The molecule has 6 heteroatoms. The molecule has 2 aromatic heterocycles. The molecule has 0 amide bonds. The summed E-state index contributed by atoms with van der Waals surface area (Å²) in [5, 5.41) is 12.1. The van der Waals surface area contributed by atoms with Crippen LogP contribution in [0, 0.1) is 6.92 Å². The van der Waals surface area contributed by atoms with Gasteiger partial charge in [-0.1, -0.05) is 17.7 Å². The van der Waals surface area contributed by atoms with Crippen LogP contribution in [0.1, 0.15) is 21.9 Å². The minimum atomic E-state index is -1.15. The minimum Gasteiger partial charge on any atom is -0.476 e. The van der Waals surface area contributed by atoms with Crippen molar-refractivity contribution in [2.45, 2.75) is 13.5 Å². The van der Waals surface area contributed by atoms with Gasteiger partial charge in [0.05, 0.1) is 17.3 Å². The molecular formula is C13H12ClN3O2. The van der Waals surface area contributed by atoms with Gasteiger partial charge in [0.1, 0.15) is 5.82 Å². The van der Waals surface area contributed by atoms with E-state index in [9.17, 15) is 4.79 Å². The number of aryl methyl sites for hydroxylation is 1. The first-order valence-corrected chi connectivity index (χ1v) is 6.00. The molecule has 2 rings (SSSR count). The lowest BCUT2D eigenvalue weighted by atomic mass is 10.3. The molecular weight excluding hydrogens is 266 g/mol. The van der Waals surface area contributed by atoms with Crippen molar-refractivity contribution in [3.05, 3.63) is 52.4 Å². The van der Waals surface area contributed by atoms with Gasteiger partial charge in [-0.15, -0.1) is 0 Å². The second-order valence-corrected chi connectivity index (χ2v) is 4.36. The summed E-state index contributed by atoms with van der Waals surface area (Å²) in [4.78, 5) is 19.2. The SMILES string of the molecule is Cc1cccc(CNc2ccc(Cl)c(C(=O)O)n2)n1. The largest absolute Gasteiger partial charge is 0.476 e. The van der Waals surface area contributed by atoms with Gasteiger partial charge in [-0.25, -0.2) is 9.78 Å². The first-order chi connectivity index (χ1) is 9.06. The number of nitrogens with one attached hydrogen (secondary N) is 1. The lowest BCUT2D eigenvalue weighted by molar-refractivity contribution is 0.0691. The first kappa shape index (κ1) is 13.3. The molecule has 0 aliphatic carbocycles. The van der Waals surface area contributed by atoms with E-state index in [1.165, 1.54) is 6.07 Å². The summed E-state index contributed by atoms with van der Waals surface area (Å²) in [7, 11) is 0. The molecule has 0 aromatic carbocycles. The van der Waals surface area contributed by atoms with E-state index in [-0.39, 0.29) is 10.7 Å². The number of carboxylic acid groups (broad SMARTS) is 1. The van der Waals surface area contributed by atoms with Crippen LogP contribution in [0.4, 0.5) is 5.82 Å². The smallest absolute Gasteiger partial charge is 0.356 e. The quantitative estimate of drug-likeness (QED) is 0.899. The van der Waals surface area contributed by atoms with Crippen molar-refractivity contribution in [3.63, 3.8) is 0 Å². The van der Waals surface area contributed by atoms with Crippen LogP contribution in [0.15, 0.2) is 30.3 Å². The van der Waals surface area contributed by atoms with E-state index < -0.39 is 5.97 Å². The normalized spacial score (nSPS) is 10.2. The number of carbonyl (C=O) groups is 1. The van der Waals surface area contributed by atoms with Gasteiger partial charge in [-0.05, 0) is 31.2 Å². The van der Waals surface area contributed by atoms with Gasteiger partial charge in [-0.2, -0.15) is 0 Å². The molecule has 0 bridgehead atoms. The molecule has 0 radical (unpaired) electrons. The Morgan fingerprint density at radius 1 is 1.32 bits per heavy atom. The highest BCUT2D eigenvalue weighted by Gasteiger charge is 2.11. The molecule has 2 aromatic rings. The summed E-state index contributed by atoms with van der Waals surface area (Å²) >= 11 is 5.75. The van der Waals surface area contributed by atoms with Gasteiger partial charge >= 0.3 is 5.97 Å². The number of halogens is 1. The summed E-state index contributed by atoms with van der Waals surface area (Å²) in [6, 6.07) is 8.84. The van der Waals surface area contributed by atoms with Gasteiger partial charge < -0.3 is 10.4 Å². The Kier molecular flexibility index (Phi) is 3.97. The maximum absolute atomic E-state index is 10.9. The number of aromatic nitrogens is 2. The van der Waals surface area contributed by atoms with Gasteiger partial charge in [0.15, 0.2) is 5.69 Å². The fraction of sp³-hybridized carbons (Fsp3) is 0.154. The Labute approximate surface area is 115 Å². The van der Waals surface area contributed by atoms with Crippen LogP contribution in [0.3, 0.4) is 0 Å². The number of rotatable bonds is 4. The molecule has 2 heterocycles. The zero-order valence-corrected chi connectivity index (χ0v) is 11.0. The summed E-state index contributed by atoms with van der Waals surface area (Å²) in [5.74, 6) is -0.701. The third kappa shape index (κ3) is 3.42. The minimum absolute atomic E-state index is 0.117. The monoisotopic (exact) mass is 277 g/mol. The van der Waals surface area contributed by atoms with Crippen molar-refractivity contribution >= 4 is 23.4 Å². The van der Waals surface area contributed by atoms with Gasteiger partial charge in [0.25, 0.3) is 0 Å². The zero-order valence-electron chi connectivity index (χ0n) is 10.2. The third-order valence-corrected chi connectivity index (χ3v) is 2.75. The van der Waals surface area contributed by atoms with Gasteiger partial charge in [0.2, 0.25) is 0 Å². The summed E-state index contributed by atoms with van der Waals surface area (Å²) < 4.78 is 0. The Hall–Kier alpha value is -2.14. The standard InChI is InChI=1S/C13H12ClN3O2/c1-8-3-2-4-9(16-8)7-15-11-6-5-10(14)12(17-11)13(18)19/h2-6H,7H2,1H3,(H,15,17)(H,18,19). The lowest BCUT2D eigenvalue weighted by Crippen LogP contribution is -2.07. The first-order valence-electron chi connectivity index (χ1n) is 5.62. The van der Waals surface area contributed by atoms with E-state index in [2.05, 4.69) is 15.3 Å². The predicted octanol–water partition coefficient (Wildman–Crippen LogP) is 2.75. The Bertz CT molecular complexity index is 617. The maximum atomic E-state index is 10.9. The lowest BCUT2D eigenvalue weighted by Gasteiger charge is -2.07. The van der Waals surface area contributed by atoms with Crippen molar-refractivity contribution < 1.29 is 9.90 Å². The van der Waals surface area contributed by atoms with Crippen molar-refractivity contribution in [3.8, 4) is 0 Å². The number of hydrogen-bond donors (Lipinski definition) is 2. The third-order valence-electron chi connectivity index (χ3n) is 2.45. The number of aromatic carboxylic acids is 1. The highest BCUT2D eigenvalue weighted by molar-refractivity contribution is 6.33. The molecule has 5 nitrogen and oxygen atoms in total. The average molecular weight is 278 g/mol. The summed E-state index contributed by atoms with van der Waals surface area (Å²) in [6.45, 7) is 2.38. The molecule has 0 aliphatic rings. The second kappa shape index (κ2) is 5.67. The average Bonchev–Trinajstić information content (AvgIpc) is 2.37. The number of nitrogens with zero attached hydrogens (tertiary/aromatic N) is 2. The summed E-state index contributed by atoms with van der Waals surface area (Å²) in [6.07, 6.45) is 0. The van der Waals surface area contributed by atoms with Crippen LogP contribution in [0.25, 0.3) is 0 Å². The van der Waals surface area contributed by atoms with Gasteiger partial charge in [0, 0.05) is 5.69 Å². The van der Waals surface area contributed by atoms with Crippen LogP contribution in [-0.2, 0) is 6.54 Å². The number of hydrogen-bond acceptors (Lipinski definition) is 4. The second-order valence-electron chi connectivity index (χ2n) is 3.96. The van der Waals surface area contributed by atoms with Crippen LogP contribution in [0.2, 0.25) is 5.02 Å². The molecule has 0 spiro atoms. The molecule has 19 heavy (non-hydrogen) atoms. The number of pyridine rings is 2. The van der Waals surface area contributed by atoms with Crippen molar-refractivity contribution in [1.82, 2.24) is 9.97 Å². The molecule has 0 aliphatic heterocycles. The molecule has 2 N–H and O–H groups in total. The van der Waals surface area contributed by atoms with Crippen LogP contribution >= 0.6 is 11.6 Å². The van der Waals surface area contributed by atoms with Crippen molar-refractivity contribution in [2.75, 3.05) is 5.32 Å². The van der Waals surface area contributed by atoms with E-state index in [0.717, 1.165) is 11.4 Å². The Morgan fingerprint density at radius 2 is 2.11 bits per heavy atom. The van der Waals surface area contributed by atoms with E-state index in [0.29, 0.717) is 12.4 Å². The topological polar surface area (TPSA) is 75.1 Å². The molecule has 98 valence electrons. The number of carboxylic acids is 1. The van der Waals surface area contributed by atoms with Crippen LogP contribution in [-0.4, -0.2) is 21.0 Å². The van der Waals surface area contributed by atoms with Crippen molar-refractivity contribution in [2.24, 2.45) is 0 Å². The number of anilines is 1. The van der Waals surface area contributed by atoms with E-state index in [4.69, 9.17) is 16.7 Å². The molecule has 0 saturated heterocycles. The molecule has 0 unspecified atom stereocenters. The van der Waals surface area contributed by atoms with E-state index in [1.54, 1.807) is 6.07 Å². The zero-order chi connectivity index (χ0) is 13.8. The predicted molar refractivity (Wildman–Crippen MR) is 72.5 cm³/mol.